The second-order valence-corrected chi connectivity index (χ2v) is 5.85. The predicted molar refractivity (Wildman–Crippen MR) is 97.4 cm³/mol. The van der Waals surface area contributed by atoms with Gasteiger partial charge < -0.3 is 5.32 Å². The summed E-state index contributed by atoms with van der Waals surface area (Å²) in [6, 6.07) is 16.4. The summed E-state index contributed by atoms with van der Waals surface area (Å²) in [5, 5.41) is 3.28. The monoisotopic (exact) mass is 314 g/mol. The molecule has 0 bridgehead atoms. The smallest absolute Gasteiger partial charge is 0.0765 e. The van der Waals surface area contributed by atoms with Crippen molar-refractivity contribution in [1.29, 1.82) is 0 Å². The number of hydrogen-bond acceptors (Lipinski definition) is 4. The molecule has 2 aromatic carbocycles. The molecule has 1 N–H and O–H groups in total. The summed E-state index contributed by atoms with van der Waals surface area (Å²) < 4.78 is 0. The quantitative estimate of drug-likeness (QED) is 0.566. The topological polar surface area (TPSA) is 24.4 Å². The maximum Gasteiger partial charge on any atom is 0.0765 e. The van der Waals surface area contributed by atoms with Crippen LogP contribution in [0.2, 0.25) is 0 Å². The molecule has 2 aromatic rings. The Labute approximate surface area is 134 Å². The van der Waals surface area contributed by atoms with Gasteiger partial charge in [-0.1, -0.05) is 24.3 Å². The molecule has 0 saturated carbocycles. The van der Waals surface area contributed by atoms with Crippen molar-refractivity contribution in [1.82, 2.24) is 0 Å². The summed E-state index contributed by atoms with van der Waals surface area (Å²) in [7, 11) is 0. The summed E-state index contributed by atoms with van der Waals surface area (Å²) in [6.07, 6.45) is 9.76. The fourth-order valence-corrected chi connectivity index (χ4v) is 2.91. The van der Waals surface area contributed by atoms with Crippen LogP contribution in [0.4, 0.5) is 11.4 Å². The molecule has 0 unspecified atom stereocenters. The minimum absolute atomic E-state index is 0.999. The van der Waals surface area contributed by atoms with Crippen LogP contribution in [0, 0.1) is 0 Å². The van der Waals surface area contributed by atoms with Crippen LogP contribution in [0.1, 0.15) is 0 Å². The molecule has 0 saturated heterocycles. The number of para-hydroxylation sites is 2. The Morgan fingerprint density at radius 2 is 1.57 bits per heavy atom. The average Bonchev–Trinajstić information content (AvgIpc) is 2.55. The Morgan fingerprint density at radius 1 is 0.905 bits per heavy atom. The summed E-state index contributed by atoms with van der Waals surface area (Å²) in [4.78, 5) is 6.88. The van der Waals surface area contributed by atoms with Crippen molar-refractivity contribution < 1.29 is 0 Å². The van der Waals surface area contributed by atoms with Crippen LogP contribution in [0.5, 0.6) is 0 Å². The second kappa shape index (κ2) is 8.60. The van der Waals surface area contributed by atoms with Crippen LogP contribution in [0.15, 0.2) is 75.6 Å². The van der Waals surface area contributed by atoms with Crippen molar-refractivity contribution >= 4 is 41.1 Å². The lowest BCUT2D eigenvalue weighted by Gasteiger charge is -2.05. The van der Waals surface area contributed by atoms with Gasteiger partial charge >= 0.3 is 0 Å². The highest BCUT2D eigenvalue weighted by Gasteiger charge is 1.97. The largest absolute Gasteiger partial charge is 0.361 e. The van der Waals surface area contributed by atoms with Crippen molar-refractivity contribution in [2.45, 2.75) is 9.79 Å². The predicted octanol–water partition coefficient (Wildman–Crippen LogP) is 5.46. The fraction of sp³-hybridized carbons (Fsp3) is 0.118. The molecule has 4 heteroatoms. The van der Waals surface area contributed by atoms with E-state index < -0.39 is 0 Å². The van der Waals surface area contributed by atoms with Crippen LogP contribution in [0.25, 0.3) is 0 Å². The zero-order chi connectivity index (χ0) is 14.9. The first-order chi connectivity index (χ1) is 10.3. The van der Waals surface area contributed by atoms with E-state index in [2.05, 4.69) is 41.0 Å². The Kier molecular flexibility index (Phi) is 6.44. The Morgan fingerprint density at radius 3 is 2.33 bits per heavy atom. The van der Waals surface area contributed by atoms with E-state index in [1.54, 1.807) is 23.5 Å². The number of benzene rings is 2. The number of rotatable bonds is 6. The minimum Gasteiger partial charge on any atom is -0.361 e. The van der Waals surface area contributed by atoms with Gasteiger partial charge in [0.25, 0.3) is 0 Å². The van der Waals surface area contributed by atoms with Gasteiger partial charge in [-0.05, 0) is 42.9 Å². The van der Waals surface area contributed by atoms with E-state index in [1.165, 1.54) is 9.79 Å². The molecule has 0 amide bonds. The maximum atomic E-state index is 4.47. The number of aliphatic imine (C=N–C) groups is 1. The molecule has 0 aromatic heterocycles. The third-order valence-corrected chi connectivity index (χ3v) is 4.41. The zero-order valence-corrected chi connectivity index (χ0v) is 13.7. The maximum absolute atomic E-state index is 4.47. The molecule has 21 heavy (non-hydrogen) atoms. The molecule has 2 rings (SSSR count). The first-order valence-electron chi connectivity index (χ1n) is 6.57. The lowest BCUT2D eigenvalue weighted by atomic mass is 10.3. The average molecular weight is 314 g/mol. The van der Waals surface area contributed by atoms with Gasteiger partial charge in [0.15, 0.2) is 0 Å². The van der Waals surface area contributed by atoms with Crippen LogP contribution < -0.4 is 5.32 Å². The van der Waals surface area contributed by atoms with E-state index in [1.807, 2.05) is 48.8 Å². The van der Waals surface area contributed by atoms with E-state index in [9.17, 15) is 0 Å². The van der Waals surface area contributed by atoms with E-state index in [-0.39, 0.29) is 0 Å². The van der Waals surface area contributed by atoms with E-state index in [0.29, 0.717) is 0 Å². The number of anilines is 1. The molecule has 0 aliphatic heterocycles. The van der Waals surface area contributed by atoms with Gasteiger partial charge in [-0.2, -0.15) is 0 Å². The van der Waals surface area contributed by atoms with E-state index in [4.69, 9.17) is 0 Å². The first kappa shape index (κ1) is 15.7. The number of allylic oxidation sites excluding steroid dienone is 1. The highest BCUT2D eigenvalue weighted by molar-refractivity contribution is 7.99. The van der Waals surface area contributed by atoms with Crippen molar-refractivity contribution in [3.63, 3.8) is 0 Å². The van der Waals surface area contributed by atoms with Crippen LogP contribution in [0.3, 0.4) is 0 Å². The molecule has 0 aliphatic rings. The van der Waals surface area contributed by atoms with Crippen molar-refractivity contribution in [3.8, 4) is 0 Å². The number of thioether (sulfide) groups is 2. The molecule has 0 aliphatic carbocycles. The van der Waals surface area contributed by atoms with Crippen molar-refractivity contribution in [3.05, 3.63) is 60.8 Å². The summed E-state index contributed by atoms with van der Waals surface area (Å²) >= 11 is 3.43. The van der Waals surface area contributed by atoms with E-state index >= 15 is 0 Å². The normalized spacial score (nSPS) is 11.3. The third-order valence-electron chi connectivity index (χ3n) is 2.83. The Hall–Kier alpha value is -1.65. The zero-order valence-electron chi connectivity index (χ0n) is 12.1. The number of nitrogens with zero attached hydrogens (tertiary/aromatic N) is 1. The molecular weight excluding hydrogens is 296 g/mol. The Balaban J connectivity index is 1.98. The third kappa shape index (κ3) is 4.69. The van der Waals surface area contributed by atoms with Gasteiger partial charge in [-0.25, -0.2) is 0 Å². The van der Waals surface area contributed by atoms with Gasteiger partial charge in [0, 0.05) is 22.2 Å². The van der Waals surface area contributed by atoms with Gasteiger partial charge in [-0.3, -0.25) is 4.99 Å². The first-order valence-corrected chi connectivity index (χ1v) is 9.02. The summed E-state index contributed by atoms with van der Waals surface area (Å²) in [5.74, 6) is 0. The van der Waals surface area contributed by atoms with E-state index in [0.717, 1.165) is 11.4 Å². The molecule has 0 spiro atoms. The molecule has 0 atom stereocenters. The summed E-state index contributed by atoms with van der Waals surface area (Å²) in [5.41, 5.74) is 2.11. The van der Waals surface area contributed by atoms with Crippen LogP contribution in [-0.2, 0) is 0 Å². The van der Waals surface area contributed by atoms with Gasteiger partial charge in [0.2, 0.25) is 0 Å². The molecule has 108 valence electrons. The molecule has 0 heterocycles. The minimum atomic E-state index is 0.999. The highest BCUT2D eigenvalue weighted by Crippen LogP contribution is 2.27. The van der Waals surface area contributed by atoms with Gasteiger partial charge in [-0.15, -0.1) is 23.5 Å². The lowest BCUT2D eigenvalue weighted by Crippen LogP contribution is -1.89. The standard InChI is InChI=1S/C17H18N2S2/c1-20-16-10-5-3-8-14(16)18-12-7-13-19-15-9-4-6-11-17(15)21-2/h3-13,18H,1-2H3/b12-7-,19-13?. The summed E-state index contributed by atoms with van der Waals surface area (Å²) in [6.45, 7) is 0. The lowest BCUT2D eigenvalue weighted by molar-refractivity contribution is 1.38. The van der Waals surface area contributed by atoms with Crippen LogP contribution >= 0.6 is 23.5 Å². The molecule has 0 fully saturated rings. The SMILES string of the molecule is CSc1ccccc1N=C/C=C\Nc1ccccc1SC. The molecule has 0 radical (unpaired) electrons. The second-order valence-electron chi connectivity index (χ2n) is 4.15. The molecule has 2 nitrogen and oxygen atoms in total. The molecular formula is C17H18N2S2. The van der Waals surface area contributed by atoms with Crippen LogP contribution in [-0.4, -0.2) is 18.7 Å². The highest BCUT2D eigenvalue weighted by atomic mass is 32.2. The Bertz CT molecular complexity index is 636. The van der Waals surface area contributed by atoms with Gasteiger partial charge in [0.05, 0.1) is 11.4 Å². The van der Waals surface area contributed by atoms with Crippen molar-refractivity contribution in [2.24, 2.45) is 4.99 Å². The number of nitrogens with one attached hydrogen (secondary N) is 1. The van der Waals surface area contributed by atoms with Gasteiger partial charge in [0.1, 0.15) is 0 Å². The fourth-order valence-electron chi connectivity index (χ4n) is 1.80. The van der Waals surface area contributed by atoms with Crippen molar-refractivity contribution in [2.75, 3.05) is 17.8 Å². The number of hydrogen-bond donors (Lipinski definition) is 1.